The van der Waals surface area contributed by atoms with Crippen LogP contribution in [0.3, 0.4) is 0 Å². The van der Waals surface area contributed by atoms with Crippen LogP contribution in [0.25, 0.3) is 5.69 Å². The Morgan fingerprint density at radius 1 is 1.14 bits per heavy atom. The summed E-state index contributed by atoms with van der Waals surface area (Å²) < 4.78 is 8.12. The van der Waals surface area contributed by atoms with Gasteiger partial charge in [-0.2, -0.15) is 5.10 Å². The molecule has 0 radical (unpaired) electrons. The summed E-state index contributed by atoms with van der Waals surface area (Å²) in [6.07, 6.45) is 3.22. The van der Waals surface area contributed by atoms with Gasteiger partial charge in [0, 0.05) is 18.0 Å². The molecule has 1 saturated carbocycles. The van der Waals surface area contributed by atoms with E-state index in [1.807, 2.05) is 73.1 Å². The molecule has 0 aliphatic heterocycles. The molecule has 0 unspecified atom stereocenters. The smallest absolute Gasteiger partial charge is 0.226 e. The first-order valence-corrected chi connectivity index (χ1v) is 9.78. The normalized spacial score (nSPS) is 13.4. The Morgan fingerprint density at radius 3 is 2.64 bits per heavy atom. The predicted octanol–water partition coefficient (Wildman–Crippen LogP) is 4.49. The lowest BCUT2D eigenvalue weighted by Crippen LogP contribution is -2.25. The Balaban J connectivity index is 1.65. The zero-order valence-electron chi connectivity index (χ0n) is 16.3. The number of hydrogen-bond donors (Lipinski definition) is 1. The third kappa shape index (κ3) is 4.25. The molecule has 0 spiro atoms. The van der Waals surface area contributed by atoms with E-state index < -0.39 is 0 Å². The molecule has 0 atom stereocenters. The van der Waals surface area contributed by atoms with Crippen molar-refractivity contribution in [3.05, 3.63) is 71.4 Å². The van der Waals surface area contributed by atoms with E-state index in [4.69, 9.17) is 9.84 Å². The molecular weight excluding hydrogens is 350 g/mol. The average molecular weight is 375 g/mol. The molecule has 3 aromatic rings. The fourth-order valence-electron chi connectivity index (χ4n) is 3.23. The Hall–Kier alpha value is -3.08. The van der Waals surface area contributed by atoms with Gasteiger partial charge in [-0.1, -0.05) is 30.3 Å². The Morgan fingerprint density at radius 2 is 1.93 bits per heavy atom. The molecule has 1 aliphatic rings. The van der Waals surface area contributed by atoms with Crippen molar-refractivity contribution in [2.75, 3.05) is 0 Å². The van der Waals surface area contributed by atoms with Gasteiger partial charge < -0.3 is 10.1 Å². The highest BCUT2D eigenvalue weighted by Crippen LogP contribution is 2.32. The second-order valence-electron chi connectivity index (χ2n) is 7.38. The van der Waals surface area contributed by atoms with Crippen LogP contribution in [0.5, 0.6) is 11.6 Å². The van der Waals surface area contributed by atoms with Crippen LogP contribution in [0.2, 0.25) is 0 Å². The van der Waals surface area contributed by atoms with E-state index in [1.54, 1.807) is 0 Å². The predicted molar refractivity (Wildman–Crippen MR) is 109 cm³/mol. The van der Waals surface area contributed by atoms with Gasteiger partial charge in [-0.15, -0.1) is 0 Å². The van der Waals surface area contributed by atoms with Gasteiger partial charge in [0.15, 0.2) is 0 Å². The summed E-state index contributed by atoms with van der Waals surface area (Å²) in [6, 6.07) is 18.3. The molecule has 144 valence electrons. The zero-order chi connectivity index (χ0) is 19.5. The first kappa shape index (κ1) is 18.3. The van der Waals surface area contributed by atoms with Crippen molar-refractivity contribution in [3.63, 3.8) is 0 Å². The highest BCUT2D eigenvalue weighted by atomic mass is 16.5. The summed E-state index contributed by atoms with van der Waals surface area (Å²) in [5.74, 6) is 1.53. The lowest BCUT2D eigenvalue weighted by atomic mass is 10.1. The van der Waals surface area contributed by atoms with Crippen LogP contribution in [0.1, 0.15) is 36.1 Å². The number of para-hydroxylation sites is 1. The lowest BCUT2D eigenvalue weighted by Gasteiger charge is -2.12. The highest BCUT2D eigenvalue weighted by Gasteiger charge is 2.24. The van der Waals surface area contributed by atoms with E-state index in [0.717, 1.165) is 41.1 Å². The van der Waals surface area contributed by atoms with E-state index in [1.165, 1.54) is 0 Å². The van der Waals surface area contributed by atoms with Crippen LogP contribution in [-0.2, 0) is 11.2 Å². The molecular formula is C23H25N3O2. The van der Waals surface area contributed by atoms with E-state index in [0.29, 0.717) is 24.8 Å². The Bertz CT molecular complexity index is 975. The van der Waals surface area contributed by atoms with Gasteiger partial charge >= 0.3 is 0 Å². The van der Waals surface area contributed by atoms with Gasteiger partial charge in [-0.3, -0.25) is 4.79 Å². The van der Waals surface area contributed by atoms with Gasteiger partial charge in [0.25, 0.3) is 0 Å². The van der Waals surface area contributed by atoms with Crippen LogP contribution < -0.4 is 10.1 Å². The topological polar surface area (TPSA) is 56.1 Å². The molecule has 1 aromatic heterocycles. The van der Waals surface area contributed by atoms with Crippen LogP contribution in [0, 0.1) is 13.8 Å². The first-order valence-electron chi connectivity index (χ1n) is 9.78. The molecule has 2 aromatic carbocycles. The molecule has 28 heavy (non-hydrogen) atoms. The maximum atomic E-state index is 12.2. The average Bonchev–Trinajstić information content (AvgIpc) is 3.44. The maximum Gasteiger partial charge on any atom is 0.226 e. The first-order chi connectivity index (χ1) is 13.6. The van der Waals surface area contributed by atoms with Gasteiger partial charge in [-0.05, 0) is 62.9 Å². The summed E-state index contributed by atoms with van der Waals surface area (Å²) in [4.78, 5) is 12.2. The van der Waals surface area contributed by atoms with Crippen molar-refractivity contribution < 1.29 is 9.53 Å². The van der Waals surface area contributed by atoms with Gasteiger partial charge in [0.05, 0.1) is 11.4 Å². The van der Waals surface area contributed by atoms with E-state index >= 15 is 0 Å². The number of hydrogen-bond acceptors (Lipinski definition) is 3. The molecule has 5 nitrogen and oxygen atoms in total. The minimum absolute atomic E-state index is 0.0934. The number of benzene rings is 2. The number of ether oxygens (including phenoxy) is 1. The standard InChI is InChI=1S/C23H25N3O2/c1-16-7-6-10-20(15-16)28-23-21(13-14-22(27)24-18-11-12-18)17(2)25-26(23)19-8-4-3-5-9-19/h3-10,15,18H,11-14H2,1-2H3,(H,24,27). The molecule has 1 fully saturated rings. The number of carbonyl (C=O) groups is 1. The second-order valence-corrected chi connectivity index (χ2v) is 7.38. The van der Waals surface area contributed by atoms with Crippen LogP contribution >= 0.6 is 0 Å². The summed E-state index contributed by atoms with van der Waals surface area (Å²) >= 11 is 0. The van der Waals surface area contributed by atoms with Crippen molar-refractivity contribution >= 4 is 5.91 Å². The van der Waals surface area contributed by atoms with Crippen LogP contribution in [0.4, 0.5) is 0 Å². The molecule has 5 heteroatoms. The molecule has 4 rings (SSSR count). The number of rotatable bonds is 7. The summed E-state index contributed by atoms with van der Waals surface area (Å²) in [6.45, 7) is 4.01. The third-order valence-electron chi connectivity index (χ3n) is 4.89. The number of aryl methyl sites for hydroxylation is 2. The van der Waals surface area contributed by atoms with Gasteiger partial charge in [0.2, 0.25) is 11.8 Å². The fourth-order valence-corrected chi connectivity index (χ4v) is 3.23. The molecule has 1 amide bonds. The largest absolute Gasteiger partial charge is 0.439 e. The Kier molecular flexibility index (Phi) is 5.15. The highest BCUT2D eigenvalue weighted by molar-refractivity contribution is 5.77. The van der Waals surface area contributed by atoms with Crippen molar-refractivity contribution in [2.24, 2.45) is 0 Å². The number of nitrogens with zero attached hydrogens (tertiary/aromatic N) is 2. The van der Waals surface area contributed by atoms with Crippen molar-refractivity contribution in [2.45, 2.75) is 45.6 Å². The summed E-state index contributed by atoms with van der Waals surface area (Å²) in [5, 5.41) is 7.76. The Labute approximate surface area is 165 Å². The minimum atomic E-state index is 0.0934. The van der Waals surface area contributed by atoms with Gasteiger partial charge in [0.1, 0.15) is 5.75 Å². The number of nitrogens with one attached hydrogen (secondary N) is 1. The summed E-state index contributed by atoms with van der Waals surface area (Å²) in [7, 11) is 0. The maximum absolute atomic E-state index is 12.2. The van der Waals surface area contributed by atoms with Crippen LogP contribution in [0.15, 0.2) is 54.6 Å². The number of carbonyl (C=O) groups excluding carboxylic acids is 1. The van der Waals surface area contributed by atoms with Gasteiger partial charge in [-0.25, -0.2) is 4.68 Å². The number of amides is 1. The lowest BCUT2D eigenvalue weighted by molar-refractivity contribution is -0.121. The van der Waals surface area contributed by atoms with E-state index in [-0.39, 0.29) is 5.91 Å². The molecule has 1 aliphatic carbocycles. The van der Waals surface area contributed by atoms with Crippen molar-refractivity contribution in [3.8, 4) is 17.3 Å². The van der Waals surface area contributed by atoms with Crippen molar-refractivity contribution in [1.82, 2.24) is 15.1 Å². The fraction of sp³-hybridized carbons (Fsp3) is 0.304. The van der Waals surface area contributed by atoms with Crippen LogP contribution in [-0.4, -0.2) is 21.7 Å². The third-order valence-corrected chi connectivity index (χ3v) is 4.89. The van der Waals surface area contributed by atoms with E-state index in [9.17, 15) is 4.79 Å². The monoisotopic (exact) mass is 375 g/mol. The molecule has 0 saturated heterocycles. The molecule has 1 heterocycles. The number of aromatic nitrogens is 2. The second kappa shape index (κ2) is 7.89. The SMILES string of the molecule is Cc1cccc(Oc2c(CCC(=O)NC3CC3)c(C)nn2-c2ccccc2)c1. The zero-order valence-corrected chi connectivity index (χ0v) is 16.3. The quantitative estimate of drug-likeness (QED) is 0.662. The molecule has 1 N–H and O–H groups in total. The van der Waals surface area contributed by atoms with E-state index in [2.05, 4.69) is 5.32 Å². The molecule has 0 bridgehead atoms. The summed E-state index contributed by atoms with van der Waals surface area (Å²) in [5.41, 5.74) is 3.91. The minimum Gasteiger partial charge on any atom is -0.439 e. The van der Waals surface area contributed by atoms with Crippen molar-refractivity contribution in [1.29, 1.82) is 0 Å².